The molecule has 1 aliphatic rings. The Balaban J connectivity index is 2.39. The summed E-state index contributed by atoms with van der Waals surface area (Å²) in [6, 6.07) is 0. The van der Waals surface area contributed by atoms with E-state index in [2.05, 4.69) is 5.32 Å². The SMILES string of the molecule is CC(CN)(NCC(F)(F)F)C1CC1. The maximum Gasteiger partial charge on any atom is 0.401 e. The van der Waals surface area contributed by atoms with Crippen molar-refractivity contribution in [3.8, 4) is 0 Å². The molecule has 0 aromatic carbocycles. The number of nitrogens with two attached hydrogens (primary N) is 1. The van der Waals surface area contributed by atoms with Gasteiger partial charge >= 0.3 is 6.18 Å². The van der Waals surface area contributed by atoms with E-state index in [4.69, 9.17) is 5.73 Å². The van der Waals surface area contributed by atoms with Crippen molar-refractivity contribution in [2.45, 2.75) is 31.5 Å². The lowest BCUT2D eigenvalue weighted by Crippen LogP contribution is -2.53. The third-order valence-corrected chi connectivity index (χ3v) is 2.60. The first-order valence-corrected chi connectivity index (χ1v) is 4.39. The first-order chi connectivity index (χ1) is 5.87. The van der Waals surface area contributed by atoms with E-state index in [-0.39, 0.29) is 6.54 Å². The highest BCUT2D eigenvalue weighted by atomic mass is 19.4. The Morgan fingerprint density at radius 1 is 1.38 bits per heavy atom. The van der Waals surface area contributed by atoms with Crippen molar-refractivity contribution in [3.05, 3.63) is 0 Å². The number of halogens is 3. The molecule has 78 valence electrons. The van der Waals surface area contributed by atoms with E-state index in [9.17, 15) is 13.2 Å². The van der Waals surface area contributed by atoms with Gasteiger partial charge in [-0.05, 0) is 25.7 Å². The van der Waals surface area contributed by atoms with Crippen molar-refractivity contribution in [2.75, 3.05) is 13.1 Å². The largest absolute Gasteiger partial charge is 0.401 e. The summed E-state index contributed by atoms with van der Waals surface area (Å²) in [6.07, 6.45) is -2.18. The van der Waals surface area contributed by atoms with Gasteiger partial charge in [0.05, 0.1) is 6.54 Å². The van der Waals surface area contributed by atoms with Gasteiger partial charge in [-0.25, -0.2) is 0 Å². The lowest BCUT2D eigenvalue weighted by molar-refractivity contribution is -0.128. The van der Waals surface area contributed by atoms with Crippen molar-refractivity contribution in [1.29, 1.82) is 0 Å². The Morgan fingerprint density at radius 3 is 2.23 bits per heavy atom. The van der Waals surface area contributed by atoms with Crippen molar-refractivity contribution >= 4 is 0 Å². The van der Waals surface area contributed by atoms with E-state index >= 15 is 0 Å². The van der Waals surface area contributed by atoms with E-state index in [1.54, 1.807) is 6.92 Å². The summed E-state index contributed by atoms with van der Waals surface area (Å²) < 4.78 is 35.7. The maximum atomic E-state index is 11.9. The van der Waals surface area contributed by atoms with Crippen LogP contribution in [0, 0.1) is 5.92 Å². The molecular weight excluding hydrogens is 181 g/mol. The Kier molecular flexibility index (Phi) is 2.87. The van der Waals surface area contributed by atoms with E-state index in [1.165, 1.54) is 0 Å². The second kappa shape index (κ2) is 3.46. The van der Waals surface area contributed by atoms with Gasteiger partial charge in [0.2, 0.25) is 0 Å². The van der Waals surface area contributed by atoms with Crippen molar-refractivity contribution < 1.29 is 13.2 Å². The molecule has 0 amide bonds. The molecule has 0 aromatic rings. The fourth-order valence-electron chi connectivity index (χ4n) is 1.41. The zero-order valence-corrected chi connectivity index (χ0v) is 7.62. The molecule has 0 spiro atoms. The van der Waals surface area contributed by atoms with E-state index in [0.29, 0.717) is 5.92 Å². The molecule has 1 saturated carbocycles. The van der Waals surface area contributed by atoms with Gasteiger partial charge < -0.3 is 11.1 Å². The fourth-order valence-corrected chi connectivity index (χ4v) is 1.41. The topological polar surface area (TPSA) is 38.0 Å². The highest BCUT2D eigenvalue weighted by molar-refractivity contribution is 4.98. The Hall–Kier alpha value is -0.290. The number of rotatable bonds is 4. The normalized spacial score (nSPS) is 22.8. The zero-order valence-electron chi connectivity index (χ0n) is 7.62. The smallest absolute Gasteiger partial charge is 0.329 e. The zero-order chi connectivity index (χ0) is 10.1. The number of nitrogens with one attached hydrogen (secondary N) is 1. The van der Waals surface area contributed by atoms with E-state index in [1.807, 2.05) is 0 Å². The molecular formula is C8H15F3N2. The molecule has 1 aliphatic carbocycles. The fraction of sp³-hybridized carbons (Fsp3) is 1.00. The Morgan fingerprint density at radius 2 is 1.92 bits per heavy atom. The van der Waals surface area contributed by atoms with Crippen LogP contribution in [0.1, 0.15) is 19.8 Å². The van der Waals surface area contributed by atoms with Crippen LogP contribution in [0.5, 0.6) is 0 Å². The van der Waals surface area contributed by atoms with E-state index < -0.39 is 18.3 Å². The van der Waals surface area contributed by atoms with Crippen LogP contribution in [0.25, 0.3) is 0 Å². The molecule has 0 aromatic heterocycles. The van der Waals surface area contributed by atoms with Gasteiger partial charge in [-0.3, -0.25) is 0 Å². The summed E-state index contributed by atoms with van der Waals surface area (Å²) in [5, 5.41) is 2.50. The number of alkyl halides is 3. The average Bonchev–Trinajstić information content (AvgIpc) is 2.81. The van der Waals surface area contributed by atoms with Gasteiger partial charge in [-0.1, -0.05) is 0 Å². The van der Waals surface area contributed by atoms with Gasteiger partial charge in [0.15, 0.2) is 0 Å². The first kappa shape index (κ1) is 10.8. The molecule has 0 heterocycles. The van der Waals surface area contributed by atoms with Gasteiger partial charge in [0.25, 0.3) is 0 Å². The van der Waals surface area contributed by atoms with Crippen LogP contribution in [0.2, 0.25) is 0 Å². The third-order valence-electron chi connectivity index (χ3n) is 2.60. The predicted molar refractivity (Wildman–Crippen MR) is 44.2 cm³/mol. The molecule has 13 heavy (non-hydrogen) atoms. The molecule has 2 nitrogen and oxygen atoms in total. The first-order valence-electron chi connectivity index (χ1n) is 4.39. The molecule has 0 saturated heterocycles. The molecule has 0 aliphatic heterocycles. The van der Waals surface area contributed by atoms with Crippen molar-refractivity contribution in [1.82, 2.24) is 5.32 Å². The second-order valence-electron chi connectivity index (χ2n) is 3.86. The van der Waals surface area contributed by atoms with Gasteiger partial charge in [-0.15, -0.1) is 0 Å². The molecule has 0 bridgehead atoms. The van der Waals surface area contributed by atoms with Crippen molar-refractivity contribution in [3.63, 3.8) is 0 Å². The van der Waals surface area contributed by atoms with Crippen molar-refractivity contribution in [2.24, 2.45) is 11.7 Å². The highest BCUT2D eigenvalue weighted by Crippen LogP contribution is 2.39. The summed E-state index contributed by atoms with van der Waals surface area (Å²) in [7, 11) is 0. The minimum absolute atomic E-state index is 0.258. The molecule has 5 heteroatoms. The van der Waals surface area contributed by atoms with Gasteiger partial charge in [0.1, 0.15) is 0 Å². The second-order valence-corrected chi connectivity index (χ2v) is 3.86. The van der Waals surface area contributed by atoms with Crippen LogP contribution in [0.3, 0.4) is 0 Å². The summed E-state index contributed by atoms with van der Waals surface area (Å²) in [6.45, 7) is 1.07. The summed E-state index contributed by atoms with van der Waals surface area (Å²) in [4.78, 5) is 0. The third kappa shape index (κ3) is 3.15. The summed E-state index contributed by atoms with van der Waals surface area (Å²) in [5.41, 5.74) is 4.92. The molecule has 1 rings (SSSR count). The lowest BCUT2D eigenvalue weighted by Gasteiger charge is -2.30. The Labute approximate surface area is 75.7 Å². The average molecular weight is 196 g/mol. The summed E-state index contributed by atoms with van der Waals surface area (Å²) in [5.74, 6) is 0.319. The minimum Gasteiger partial charge on any atom is -0.329 e. The van der Waals surface area contributed by atoms with Crippen LogP contribution >= 0.6 is 0 Å². The maximum absolute atomic E-state index is 11.9. The molecule has 1 fully saturated rings. The standard InChI is InChI=1S/C8H15F3N2/c1-7(4-12,6-2-3-6)13-5-8(9,10)11/h6,13H,2-5,12H2,1H3. The van der Waals surface area contributed by atoms with Crippen LogP contribution in [-0.2, 0) is 0 Å². The Bertz CT molecular complexity index is 177. The predicted octanol–water partition coefficient (Wildman–Crippen LogP) is 1.27. The lowest BCUT2D eigenvalue weighted by atomic mass is 9.96. The molecule has 0 radical (unpaired) electrons. The number of hydrogen-bond acceptors (Lipinski definition) is 2. The van der Waals surface area contributed by atoms with Crippen LogP contribution in [0.4, 0.5) is 13.2 Å². The highest BCUT2D eigenvalue weighted by Gasteiger charge is 2.42. The van der Waals surface area contributed by atoms with Crippen LogP contribution in [-0.4, -0.2) is 24.8 Å². The molecule has 1 atom stereocenters. The van der Waals surface area contributed by atoms with Crippen LogP contribution in [0.15, 0.2) is 0 Å². The summed E-state index contributed by atoms with van der Waals surface area (Å²) >= 11 is 0. The van der Waals surface area contributed by atoms with Gasteiger partial charge in [-0.2, -0.15) is 13.2 Å². The van der Waals surface area contributed by atoms with Gasteiger partial charge in [0, 0.05) is 12.1 Å². The quantitative estimate of drug-likeness (QED) is 0.710. The molecule has 1 unspecified atom stereocenters. The van der Waals surface area contributed by atoms with E-state index in [0.717, 1.165) is 12.8 Å². The minimum atomic E-state index is -4.15. The van der Waals surface area contributed by atoms with Crippen LogP contribution < -0.4 is 11.1 Å². The monoisotopic (exact) mass is 196 g/mol. The molecule has 3 N–H and O–H groups in total. The number of hydrogen-bond donors (Lipinski definition) is 2.